The largest absolute Gasteiger partial charge is 0.504 e. The third-order valence-electron chi connectivity index (χ3n) is 12.4. The molecule has 0 bridgehead atoms. The SMILES string of the molecule is CNCCC(=O)N1Cc2ccccc2/C(N(N)CCCCCCCCCCN(N)/C=C(\N)COc2c(O)ccc3c(=O)cc(-c4ccccc4)oc23)=C(/N)c2ccccc21.O=CCCN1C(=O)CC(S)C1=O. The smallest absolute Gasteiger partial charge is 0.242 e. The Morgan fingerprint density at radius 2 is 1.54 bits per heavy atom. The summed E-state index contributed by atoms with van der Waals surface area (Å²) in [6.07, 6.45) is 11.4. The van der Waals surface area contributed by atoms with Gasteiger partial charge in [0.05, 0.1) is 40.0 Å². The van der Waals surface area contributed by atoms with Gasteiger partial charge in [-0.25, -0.2) is 11.7 Å². The molecule has 4 aromatic carbocycles. The highest BCUT2D eigenvalue weighted by Gasteiger charge is 2.35. The highest BCUT2D eigenvalue weighted by molar-refractivity contribution is 7.81. The number of aldehydes is 1. The maximum atomic E-state index is 13.4. The number of unbranched alkanes of at least 4 members (excludes halogenated alkanes) is 7. The van der Waals surface area contributed by atoms with E-state index in [9.17, 15) is 29.1 Å². The number of rotatable bonds is 23. The van der Waals surface area contributed by atoms with E-state index in [1.807, 2.05) is 90.8 Å². The van der Waals surface area contributed by atoms with Crippen molar-refractivity contribution < 1.29 is 33.4 Å². The number of imide groups is 1. The van der Waals surface area contributed by atoms with Crippen molar-refractivity contribution >= 4 is 64.7 Å². The maximum Gasteiger partial charge on any atom is 0.242 e. The van der Waals surface area contributed by atoms with E-state index in [1.54, 1.807) is 16.2 Å². The molecule has 18 heteroatoms. The number of thiol groups is 1. The van der Waals surface area contributed by atoms with Crippen molar-refractivity contribution in [2.75, 3.05) is 44.7 Å². The molecule has 1 unspecified atom stereocenters. The van der Waals surface area contributed by atoms with Gasteiger partial charge in [-0.1, -0.05) is 111 Å². The minimum atomic E-state index is -0.510. The van der Waals surface area contributed by atoms with Gasteiger partial charge in [0.2, 0.25) is 23.5 Å². The number of likely N-dealkylation sites (tertiary alicyclic amines) is 1. The third kappa shape index (κ3) is 14.3. The first-order chi connectivity index (χ1) is 34.8. The van der Waals surface area contributed by atoms with Crippen LogP contribution in [-0.2, 0) is 25.7 Å². The number of nitrogens with one attached hydrogen (secondary N) is 1. The lowest BCUT2D eigenvalue weighted by atomic mass is 9.95. The second kappa shape index (κ2) is 26.9. The fraction of sp³-hybridized carbons (Fsp3) is 0.352. The van der Waals surface area contributed by atoms with Gasteiger partial charge in [-0.15, -0.1) is 0 Å². The number of hydrazine groups is 2. The molecule has 1 fully saturated rings. The number of phenols is 1. The molecule has 3 heterocycles. The summed E-state index contributed by atoms with van der Waals surface area (Å²) in [6, 6.07) is 29.4. The number of carbonyl (C=O) groups is 4. The molecule has 2 aliphatic rings. The number of phenolic OH excluding ortho intramolecular Hbond substituents is 1. The second-order valence-corrected chi connectivity index (χ2v) is 18.3. The topological polar surface area (TPSA) is 257 Å². The van der Waals surface area contributed by atoms with Crippen LogP contribution in [0.25, 0.3) is 33.7 Å². The number of benzene rings is 4. The van der Waals surface area contributed by atoms with E-state index in [1.165, 1.54) is 18.2 Å². The lowest BCUT2D eigenvalue weighted by Crippen LogP contribution is -2.37. The molecule has 0 radical (unpaired) electrons. The van der Waals surface area contributed by atoms with Gasteiger partial charge in [0.15, 0.2) is 16.8 Å². The zero-order valence-electron chi connectivity index (χ0n) is 40.8. The highest BCUT2D eigenvalue weighted by atomic mass is 32.1. The van der Waals surface area contributed by atoms with Crippen molar-refractivity contribution in [3.8, 4) is 22.8 Å². The fourth-order valence-electron chi connectivity index (χ4n) is 8.62. The van der Waals surface area contributed by atoms with Gasteiger partial charge in [-0.3, -0.25) is 24.1 Å². The van der Waals surface area contributed by atoms with E-state index in [2.05, 4.69) is 17.9 Å². The Labute approximate surface area is 425 Å². The summed E-state index contributed by atoms with van der Waals surface area (Å²) in [4.78, 5) is 61.3. The van der Waals surface area contributed by atoms with E-state index in [0.717, 1.165) is 89.9 Å². The number of hydrogen-bond acceptors (Lipinski definition) is 16. The summed E-state index contributed by atoms with van der Waals surface area (Å²) in [6.45, 7) is 2.43. The number of fused-ring (bicyclic) bond motifs is 3. The summed E-state index contributed by atoms with van der Waals surface area (Å²) in [5.74, 6) is 12.8. The van der Waals surface area contributed by atoms with Crippen LogP contribution >= 0.6 is 12.6 Å². The molecule has 7 rings (SSSR count). The molecule has 72 heavy (non-hydrogen) atoms. The van der Waals surface area contributed by atoms with E-state index in [4.69, 9.17) is 32.3 Å². The molecule has 17 nitrogen and oxygen atoms in total. The summed E-state index contributed by atoms with van der Waals surface area (Å²) < 4.78 is 11.9. The Hall–Kier alpha value is -7.12. The lowest BCUT2D eigenvalue weighted by Gasteiger charge is -2.33. The van der Waals surface area contributed by atoms with Gasteiger partial charge < -0.3 is 50.8 Å². The van der Waals surface area contributed by atoms with Crippen molar-refractivity contribution in [2.45, 2.75) is 82.4 Å². The van der Waals surface area contributed by atoms with Gasteiger partial charge in [0.25, 0.3) is 0 Å². The third-order valence-corrected chi connectivity index (χ3v) is 12.8. The first kappa shape index (κ1) is 54.2. The molecule has 382 valence electrons. The van der Waals surface area contributed by atoms with Crippen LogP contribution in [-0.4, -0.2) is 89.1 Å². The molecule has 0 saturated carbocycles. The van der Waals surface area contributed by atoms with Crippen LogP contribution in [0.2, 0.25) is 0 Å². The summed E-state index contributed by atoms with van der Waals surface area (Å²) >= 11 is 3.93. The van der Waals surface area contributed by atoms with Crippen LogP contribution in [0.15, 0.2) is 118 Å². The van der Waals surface area contributed by atoms with Gasteiger partial charge >= 0.3 is 0 Å². The fourth-order valence-corrected chi connectivity index (χ4v) is 8.92. The van der Waals surface area contributed by atoms with E-state index < -0.39 is 5.25 Å². The molecule has 0 spiro atoms. The second-order valence-electron chi connectivity index (χ2n) is 17.7. The summed E-state index contributed by atoms with van der Waals surface area (Å²) in [7, 11) is 1.84. The monoisotopic (exact) mass is 1000 g/mol. The molecule has 2 aliphatic heterocycles. The normalized spacial score (nSPS) is 15.6. The lowest BCUT2D eigenvalue weighted by molar-refractivity contribution is -0.138. The van der Waals surface area contributed by atoms with Crippen LogP contribution in [0.3, 0.4) is 0 Å². The minimum Gasteiger partial charge on any atom is -0.504 e. The van der Waals surface area contributed by atoms with Crippen LogP contribution in [0, 0.1) is 0 Å². The zero-order valence-corrected chi connectivity index (χ0v) is 41.7. The van der Waals surface area contributed by atoms with E-state index in [0.29, 0.717) is 61.4 Å². The first-order valence-corrected chi connectivity index (χ1v) is 24.9. The summed E-state index contributed by atoms with van der Waals surface area (Å²) in [5.41, 5.74) is 19.0. The predicted octanol–water partition coefficient (Wildman–Crippen LogP) is 6.39. The van der Waals surface area contributed by atoms with Crippen molar-refractivity contribution in [2.24, 2.45) is 23.2 Å². The Balaban J connectivity index is 0.000000618. The predicted molar refractivity (Wildman–Crippen MR) is 284 cm³/mol. The number of ether oxygens (including phenoxy) is 1. The average Bonchev–Trinajstić information content (AvgIpc) is 3.62. The minimum absolute atomic E-state index is 0.0347. The Bertz CT molecular complexity index is 2780. The standard InChI is InChI=1S/C47H58N8O5.C7H9NO3S/c1-52-26-25-43(58)54-30-34-19-11-12-20-36(34)45(44(49)37-21-13-14-22-39(37)54)55(51)28-16-7-5-3-2-4-6-15-27-53(50)31-35(48)32-59-47-40(56)24-23-38-41(57)29-42(60-46(38)47)33-17-9-8-10-18-33;9-3-1-2-8-6(10)4-5(12)7(8)11/h8-14,17-24,29,31,52,56H,2-7,15-16,25-28,30,32,48-51H2,1H3;3,5,12H,1-2,4H2/b35-31-,45-44-;. The Morgan fingerprint density at radius 3 is 2.22 bits per heavy atom. The quantitative estimate of drug-likeness (QED) is 0.00935. The molecule has 10 N–H and O–H groups in total. The average molecular weight is 1000 g/mol. The number of amides is 3. The van der Waals surface area contributed by atoms with Crippen LogP contribution in [0.4, 0.5) is 5.69 Å². The molecular formula is C54H67N9O8S. The molecular weight excluding hydrogens is 935 g/mol. The number of nitrogens with two attached hydrogens (primary N) is 4. The first-order valence-electron chi connectivity index (χ1n) is 24.4. The van der Waals surface area contributed by atoms with Gasteiger partial charge in [-0.05, 0) is 43.7 Å². The Morgan fingerprint density at radius 1 is 0.889 bits per heavy atom. The van der Waals surface area contributed by atoms with Crippen LogP contribution in [0.1, 0.15) is 87.3 Å². The Kier molecular flexibility index (Phi) is 20.3. The van der Waals surface area contributed by atoms with E-state index in [-0.39, 0.29) is 66.2 Å². The van der Waals surface area contributed by atoms with Crippen LogP contribution in [0.5, 0.6) is 11.5 Å². The molecule has 3 amide bonds. The number of para-hydroxylation sites is 1. The van der Waals surface area contributed by atoms with Crippen molar-refractivity contribution in [3.05, 3.63) is 136 Å². The number of nitrogens with zero attached hydrogens (tertiary/aromatic N) is 4. The number of anilines is 1. The van der Waals surface area contributed by atoms with E-state index >= 15 is 0 Å². The zero-order chi connectivity index (χ0) is 51.6. The number of hydrogen-bond donors (Lipinski definition) is 7. The molecule has 5 aromatic rings. The van der Waals surface area contributed by atoms with Crippen LogP contribution < -0.4 is 43.5 Å². The number of aromatic hydroxyl groups is 1. The molecule has 1 saturated heterocycles. The van der Waals surface area contributed by atoms with Crippen molar-refractivity contribution in [1.82, 2.24) is 20.2 Å². The van der Waals surface area contributed by atoms with Crippen molar-refractivity contribution in [1.29, 1.82) is 0 Å². The van der Waals surface area contributed by atoms with Gasteiger partial charge in [-0.2, -0.15) is 12.6 Å². The highest BCUT2D eigenvalue weighted by Crippen LogP contribution is 2.38. The summed E-state index contributed by atoms with van der Waals surface area (Å²) in [5, 5.41) is 16.8. The molecule has 1 atom stereocenters. The molecule has 1 aromatic heterocycles. The van der Waals surface area contributed by atoms with Crippen molar-refractivity contribution in [3.63, 3.8) is 0 Å². The van der Waals surface area contributed by atoms with Gasteiger partial charge in [0.1, 0.15) is 18.7 Å². The number of carbonyl (C=O) groups excluding carboxylic acids is 4. The van der Waals surface area contributed by atoms with Gasteiger partial charge in [0, 0.05) is 74.4 Å². The maximum absolute atomic E-state index is 13.4. The molecule has 0 aliphatic carbocycles.